The van der Waals surface area contributed by atoms with E-state index in [9.17, 15) is 4.79 Å². The maximum absolute atomic E-state index is 10.1. The van der Waals surface area contributed by atoms with Crippen molar-refractivity contribution in [2.45, 2.75) is 13.3 Å². The first-order chi connectivity index (χ1) is 3.66. The summed E-state index contributed by atoms with van der Waals surface area (Å²) in [7, 11) is 1.29. The lowest BCUT2D eigenvalue weighted by Gasteiger charge is -2.06. The van der Waals surface area contributed by atoms with Gasteiger partial charge in [-0.05, 0) is 0 Å². The Morgan fingerprint density at radius 3 is 2.50 bits per heavy atom. The van der Waals surface area contributed by atoms with Crippen LogP contribution < -0.4 is 5.32 Å². The highest BCUT2D eigenvalue weighted by Crippen LogP contribution is 1.73. The second-order valence-electron chi connectivity index (χ2n) is 1.29. The quantitative estimate of drug-likeness (QED) is 0.460. The van der Waals surface area contributed by atoms with Gasteiger partial charge >= 0.3 is 0 Å². The molecule has 8 heavy (non-hydrogen) atoms. The number of methoxy groups -OCH3 is 1. The zero-order chi connectivity index (χ0) is 6.57. The van der Waals surface area contributed by atoms with E-state index < -0.39 is 6.41 Å². The Morgan fingerprint density at radius 1 is 1.88 bits per heavy atom. The molecule has 4 nitrogen and oxygen atoms in total. The van der Waals surface area contributed by atoms with Crippen LogP contribution >= 0.6 is 0 Å². The van der Waals surface area contributed by atoms with Gasteiger partial charge in [0.15, 0.2) is 0 Å². The molecular formula is C4H9NO3. The molecule has 1 unspecified atom stereocenters. The van der Waals surface area contributed by atoms with Crippen molar-refractivity contribution in [2.24, 2.45) is 0 Å². The summed E-state index contributed by atoms with van der Waals surface area (Å²) in [5, 5.41) is 10.6. The summed E-state index contributed by atoms with van der Waals surface area (Å²) in [5.41, 5.74) is 0. The lowest BCUT2D eigenvalue weighted by molar-refractivity contribution is -0.137. The van der Waals surface area contributed by atoms with Crippen molar-refractivity contribution in [1.82, 2.24) is 5.32 Å². The van der Waals surface area contributed by atoms with Crippen molar-refractivity contribution in [3.8, 4) is 0 Å². The highest BCUT2D eigenvalue weighted by molar-refractivity contribution is 5.72. The molecule has 0 aromatic heterocycles. The van der Waals surface area contributed by atoms with Crippen LogP contribution in [-0.4, -0.2) is 24.5 Å². The van der Waals surface area contributed by atoms with Gasteiger partial charge in [0.1, 0.15) is 0 Å². The maximum Gasteiger partial charge on any atom is 0.237 e. The average Bonchev–Trinajstić information content (AvgIpc) is 1.65. The summed E-state index contributed by atoms with van der Waals surface area (Å²) in [5.74, 6) is -0.320. The van der Waals surface area contributed by atoms with Crippen LogP contribution in [0.1, 0.15) is 6.92 Å². The molecule has 0 spiro atoms. The van der Waals surface area contributed by atoms with Crippen LogP contribution in [0.3, 0.4) is 0 Å². The predicted octanol–water partition coefficient (Wildman–Crippen LogP) is -0.955. The van der Waals surface area contributed by atoms with E-state index in [0.717, 1.165) is 0 Å². The number of aliphatic hydroxyl groups is 1. The summed E-state index contributed by atoms with van der Waals surface area (Å²) >= 11 is 0. The van der Waals surface area contributed by atoms with Gasteiger partial charge in [0.05, 0.1) is 0 Å². The Labute approximate surface area is 47.5 Å². The third-order valence-electron chi connectivity index (χ3n) is 0.550. The summed E-state index contributed by atoms with van der Waals surface area (Å²) < 4.78 is 4.28. The third-order valence-corrected chi connectivity index (χ3v) is 0.550. The molecule has 0 aromatic rings. The fraction of sp³-hybridized carbons (Fsp3) is 0.750. The Kier molecular flexibility index (Phi) is 3.14. The van der Waals surface area contributed by atoms with Gasteiger partial charge in [0, 0.05) is 14.0 Å². The van der Waals surface area contributed by atoms with Gasteiger partial charge in [-0.15, -0.1) is 0 Å². The molecule has 1 atom stereocenters. The standard InChI is InChI=1S/C4H9NO3/c1-3(6)5-4(7)8-2/h4,7H,1-2H3,(H,5,6). The van der Waals surface area contributed by atoms with E-state index in [4.69, 9.17) is 5.11 Å². The molecule has 1 amide bonds. The molecule has 0 rings (SSSR count). The molecule has 0 heterocycles. The van der Waals surface area contributed by atoms with Crippen molar-refractivity contribution < 1.29 is 14.6 Å². The van der Waals surface area contributed by atoms with Gasteiger partial charge < -0.3 is 15.2 Å². The minimum Gasteiger partial charge on any atom is -0.351 e. The van der Waals surface area contributed by atoms with Crippen LogP contribution in [0.25, 0.3) is 0 Å². The molecule has 0 aliphatic heterocycles. The number of hydrogen-bond donors (Lipinski definition) is 2. The predicted molar refractivity (Wildman–Crippen MR) is 26.8 cm³/mol. The molecule has 4 heteroatoms. The minimum atomic E-state index is -1.17. The molecule has 0 aromatic carbocycles. The highest BCUT2D eigenvalue weighted by atomic mass is 16.6. The molecule has 48 valence electrons. The maximum atomic E-state index is 10.1. The summed E-state index contributed by atoms with van der Waals surface area (Å²) in [6.07, 6.45) is -1.17. The highest BCUT2D eigenvalue weighted by Gasteiger charge is 1.98. The van der Waals surface area contributed by atoms with Crippen LogP contribution in [0.5, 0.6) is 0 Å². The third kappa shape index (κ3) is 3.58. The van der Waals surface area contributed by atoms with Crippen LogP contribution in [0, 0.1) is 0 Å². The zero-order valence-corrected chi connectivity index (χ0v) is 4.84. The fourth-order valence-electron chi connectivity index (χ4n) is 0.233. The van der Waals surface area contributed by atoms with Crippen molar-refractivity contribution >= 4 is 5.91 Å². The Balaban J connectivity index is 3.24. The number of nitrogens with one attached hydrogen (secondary N) is 1. The molecule has 0 aliphatic rings. The lowest BCUT2D eigenvalue weighted by Crippen LogP contribution is -2.33. The summed E-state index contributed by atoms with van der Waals surface area (Å²) in [6.45, 7) is 1.29. The van der Waals surface area contributed by atoms with E-state index in [1.165, 1.54) is 14.0 Å². The average molecular weight is 119 g/mol. The van der Waals surface area contributed by atoms with E-state index in [-0.39, 0.29) is 5.91 Å². The van der Waals surface area contributed by atoms with Gasteiger partial charge in [-0.1, -0.05) is 0 Å². The first-order valence-electron chi connectivity index (χ1n) is 2.14. The SMILES string of the molecule is COC(O)NC(C)=O. The van der Waals surface area contributed by atoms with Gasteiger partial charge in [-0.3, -0.25) is 4.79 Å². The molecule has 0 saturated heterocycles. The van der Waals surface area contributed by atoms with Crippen molar-refractivity contribution in [3.05, 3.63) is 0 Å². The fourth-order valence-corrected chi connectivity index (χ4v) is 0.233. The largest absolute Gasteiger partial charge is 0.351 e. The van der Waals surface area contributed by atoms with Crippen molar-refractivity contribution in [3.63, 3.8) is 0 Å². The minimum absolute atomic E-state index is 0.320. The Morgan fingerprint density at radius 2 is 2.38 bits per heavy atom. The molecule has 2 N–H and O–H groups in total. The second-order valence-corrected chi connectivity index (χ2v) is 1.29. The first kappa shape index (κ1) is 7.39. The Hall–Kier alpha value is -0.610. The van der Waals surface area contributed by atoms with E-state index in [2.05, 4.69) is 10.1 Å². The molecule has 0 fully saturated rings. The van der Waals surface area contributed by atoms with E-state index in [1.807, 2.05) is 0 Å². The number of ether oxygens (including phenoxy) is 1. The molecule has 0 radical (unpaired) electrons. The Bertz CT molecular complexity index is 83.4. The number of hydrogen-bond acceptors (Lipinski definition) is 3. The van der Waals surface area contributed by atoms with Crippen LogP contribution in [0.15, 0.2) is 0 Å². The van der Waals surface area contributed by atoms with Crippen molar-refractivity contribution in [1.29, 1.82) is 0 Å². The van der Waals surface area contributed by atoms with E-state index in [1.54, 1.807) is 0 Å². The number of carbonyl (C=O) groups excluding carboxylic acids is 1. The van der Waals surface area contributed by atoms with E-state index in [0.29, 0.717) is 0 Å². The van der Waals surface area contributed by atoms with Gasteiger partial charge in [-0.25, -0.2) is 0 Å². The molecule has 0 aliphatic carbocycles. The van der Waals surface area contributed by atoms with Gasteiger partial charge in [-0.2, -0.15) is 0 Å². The monoisotopic (exact) mass is 119 g/mol. The smallest absolute Gasteiger partial charge is 0.237 e. The molecule has 0 bridgehead atoms. The number of amides is 1. The second kappa shape index (κ2) is 3.40. The zero-order valence-electron chi connectivity index (χ0n) is 4.84. The van der Waals surface area contributed by atoms with E-state index >= 15 is 0 Å². The topological polar surface area (TPSA) is 58.6 Å². The normalized spacial score (nSPS) is 12.9. The van der Waals surface area contributed by atoms with Gasteiger partial charge in [0.25, 0.3) is 0 Å². The van der Waals surface area contributed by atoms with Crippen LogP contribution in [0.2, 0.25) is 0 Å². The summed E-state index contributed by atoms with van der Waals surface area (Å²) in [6, 6.07) is 0. The van der Waals surface area contributed by atoms with Crippen LogP contribution in [0.4, 0.5) is 0 Å². The summed E-state index contributed by atoms with van der Waals surface area (Å²) in [4.78, 5) is 10.1. The molecule has 0 saturated carbocycles. The lowest BCUT2D eigenvalue weighted by atomic mass is 10.7. The number of rotatable bonds is 2. The van der Waals surface area contributed by atoms with Gasteiger partial charge in [0.2, 0.25) is 12.3 Å². The van der Waals surface area contributed by atoms with Crippen molar-refractivity contribution in [2.75, 3.05) is 7.11 Å². The number of aliphatic hydroxyl groups excluding tert-OH is 1. The molecular weight excluding hydrogens is 110 g/mol. The first-order valence-corrected chi connectivity index (χ1v) is 2.14. The van der Waals surface area contributed by atoms with Crippen LogP contribution in [-0.2, 0) is 9.53 Å². The number of carbonyl (C=O) groups is 1.